The van der Waals surface area contributed by atoms with E-state index >= 15 is 0 Å². The van der Waals surface area contributed by atoms with Gasteiger partial charge in [0.05, 0.1) is 18.1 Å². The Hall–Kier alpha value is -0.870. The highest BCUT2D eigenvalue weighted by Crippen LogP contribution is 2.25. The van der Waals surface area contributed by atoms with Gasteiger partial charge in [-0.15, -0.1) is 0 Å². The summed E-state index contributed by atoms with van der Waals surface area (Å²) in [4.78, 5) is 14.4. The Balaban J connectivity index is 2.74. The van der Waals surface area contributed by atoms with Crippen LogP contribution in [-0.2, 0) is 0 Å². The Bertz CT molecular complexity index is 432. The summed E-state index contributed by atoms with van der Waals surface area (Å²) in [7, 11) is 1.61. The fourth-order valence-corrected chi connectivity index (χ4v) is 2.50. The van der Waals surface area contributed by atoms with Gasteiger partial charge in [0.15, 0.2) is 5.78 Å². The van der Waals surface area contributed by atoms with Gasteiger partial charge in [-0.1, -0.05) is 20.8 Å². The lowest BCUT2D eigenvalue weighted by Crippen LogP contribution is -2.32. The summed E-state index contributed by atoms with van der Waals surface area (Å²) in [6.07, 6.45) is 0. The van der Waals surface area contributed by atoms with Crippen molar-refractivity contribution in [2.24, 2.45) is 5.92 Å². The Morgan fingerprint density at radius 2 is 2.11 bits per heavy atom. The first-order valence-electron chi connectivity index (χ1n) is 6.57. The van der Waals surface area contributed by atoms with Crippen molar-refractivity contribution in [3.05, 3.63) is 28.2 Å². The summed E-state index contributed by atoms with van der Waals surface area (Å²) in [5, 5.41) is 0. The van der Waals surface area contributed by atoms with Gasteiger partial charge in [-0.3, -0.25) is 9.69 Å². The molecule has 0 heterocycles. The van der Waals surface area contributed by atoms with Gasteiger partial charge >= 0.3 is 0 Å². The molecule has 0 aliphatic carbocycles. The lowest BCUT2D eigenvalue weighted by atomic mass is 10.1. The molecule has 0 unspecified atom stereocenters. The molecule has 0 aromatic heterocycles. The van der Waals surface area contributed by atoms with Crippen molar-refractivity contribution < 1.29 is 9.53 Å². The van der Waals surface area contributed by atoms with Gasteiger partial charge in [-0.05, 0) is 46.6 Å². The minimum absolute atomic E-state index is 0.144. The minimum Gasteiger partial charge on any atom is -0.496 e. The molecule has 0 spiro atoms. The highest BCUT2D eigenvalue weighted by molar-refractivity contribution is 9.10. The van der Waals surface area contributed by atoms with Crippen molar-refractivity contribution in [2.45, 2.75) is 20.8 Å². The molecule has 4 heteroatoms. The molecular formula is C15H22BrNO2. The monoisotopic (exact) mass is 327 g/mol. The number of benzene rings is 1. The van der Waals surface area contributed by atoms with Gasteiger partial charge in [0.25, 0.3) is 0 Å². The predicted molar refractivity (Wildman–Crippen MR) is 82.0 cm³/mol. The molecule has 0 aliphatic heterocycles. The largest absolute Gasteiger partial charge is 0.496 e. The first kappa shape index (κ1) is 16.2. The number of halogens is 1. The molecule has 0 amide bonds. The third-order valence-electron chi connectivity index (χ3n) is 2.91. The summed E-state index contributed by atoms with van der Waals surface area (Å²) < 4.78 is 5.98. The van der Waals surface area contributed by atoms with Crippen LogP contribution in [0.4, 0.5) is 0 Å². The fraction of sp³-hybridized carbons (Fsp3) is 0.533. The lowest BCUT2D eigenvalue weighted by Gasteiger charge is -2.21. The second kappa shape index (κ2) is 7.65. The lowest BCUT2D eigenvalue weighted by molar-refractivity contribution is 0.0926. The van der Waals surface area contributed by atoms with Gasteiger partial charge in [-0.25, -0.2) is 0 Å². The fourth-order valence-electron chi connectivity index (χ4n) is 1.96. The van der Waals surface area contributed by atoms with Crippen LogP contribution in [0.3, 0.4) is 0 Å². The first-order chi connectivity index (χ1) is 8.97. The number of ketones is 1. The zero-order valence-corrected chi connectivity index (χ0v) is 13.7. The minimum atomic E-state index is 0.144. The van der Waals surface area contributed by atoms with Crippen LogP contribution in [-0.4, -0.2) is 37.4 Å². The maximum Gasteiger partial charge on any atom is 0.176 e. The van der Waals surface area contributed by atoms with Crippen molar-refractivity contribution >= 4 is 21.7 Å². The molecule has 0 atom stereocenters. The van der Waals surface area contributed by atoms with Gasteiger partial charge in [0.2, 0.25) is 0 Å². The molecule has 1 rings (SSSR count). The highest BCUT2D eigenvalue weighted by atomic mass is 79.9. The Morgan fingerprint density at radius 1 is 1.42 bits per heavy atom. The maximum atomic E-state index is 12.2. The summed E-state index contributed by atoms with van der Waals surface area (Å²) in [6, 6.07) is 5.45. The van der Waals surface area contributed by atoms with E-state index in [0.717, 1.165) is 28.9 Å². The average Bonchev–Trinajstić information content (AvgIpc) is 2.37. The van der Waals surface area contributed by atoms with Gasteiger partial charge in [-0.2, -0.15) is 0 Å². The number of likely N-dealkylation sites (N-methyl/N-ethyl adjacent to an activating group) is 1. The summed E-state index contributed by atoms with van der Waals surface area (Å²) in [6.45, 7) is 8.71. The van der Waals surface area contributed by atoms with Crippen molar-refractivity contribution in [1.29, 1.82) is 0 Å². The summed E-state index contributed by atoms with van der Waals surface area (Å²) >= 11 is 3.41. The number of hydrogen-bond acceptors (Lipinski definition) is 3. The van der Waals surface area contributed by atoms with Crippen molar-refractivity contribution in [1.82, 2.24) is 4.90 Å². The topological polar surface area (TPSA) is 29.5 Å². The molecule has 0 saturated heterocycles. The first-order valence-corrected chi connectivity index (χ1v) is 7.36. The Labute approximate surface area is 124 Å². The number of nitrogens with zero attached hydrogens (tertiary/aromatic N) is 1. The number of rotatable bonds is 7. The predicted octanol–water partition coefficient (Wildman–Crippen LogP) is 3.62. The molecule has 1 aromatic carbocycles. The Kier molecular flexibility index (Phi) is 6.52. The van der Waals surface area contributed by atoms with E-state index in [2.05, 4.69) is 41.6 Å². The molecule has 0 bridgehead atoms. The normalized spacial score (nSPS) is 11.1. The zero-order valence-electron chi connectivity index (χ0n) is 12.1. The number of carbonyl (C=O) groups excluding carboxylic acids is 1. The van der Waals surface area contributed by atoms with Crippen LogP contribution in [0.25, 0.3) is 0 Å². The summed E-state index contributed by atoms with van der Waals surface area (Å²) in [5.41, 5.74) is 0.717. The number of ether oxygens (including phenoxy) is 1. The molecule has 0 fully saturated rings. The molecule has 0 aliphatic rings. The van der Waals surface area contributed by atoms with Gasteiger partial charge < -0.3 is 4.74 Å². The van der Waals surface area contributed by atoms with Crippen LogP contribution in [0.2, 0.25) is 0 Å². The van der Waals surface area contributed by atoms with Gasteiger partial charge in [0, 0.05) is 12.1 Å². The van der Waals surface area contributed by atoms with Crippen LogP contribution in [0.5, 0.6) is 5.75 Å². The molecular weight excluding hydrogens is 306 g/mol. The molecule has 0 N–H and O–H groups in total. The molecule has 19 heavy (non-hydrogen) atoms. The second-order valence-corrected chi connectivity index (χ2v) is 5.85. The SMILES string of the molecule is CCN(CC(=O)c1ccc(OC)c(Br)c1)CC(C)C. The van der Waals surface area contributed by atoms with E-state index in [1.54, 1.807) is 7.11 Å². The highest BCUT2D eigenvalue weighted by Gasteiger charge is 2.13. The van der Waals surface area contributed by atoms with E-state index in [4.69, 9.17) is 4.74 Å². The smallest absolute Gasteiger partial charge is 0.176 e. The third-order valence-corrected chi connectivity index (χ3v) is 3.53. The quantitative estimate of drug-likeness (QED) is 0.716. The Morgan fingerprint density at radius 3 is 2.58 bits per heavy atom. The van der Waals surface area contributed by atoms with E-state index < -0.39 is 0 Å². The number of hydrogen-bond donors (Lipinski definition) is 0. The molecule has 0 saturated carbocycles. The van der Waals surface area contributed by atoms with E-state index in [0.29, 0.717) is 12.5 Å². The standard InChI is InChI=1S/C15H22BrNO2/c1-5-17(9-11(2)3)10-14(18)12-6-7-15(19-4)13(16)8-12/h6-8,11H,5,9-10H2,1-4H3. The maximum absolute atomic E-state index is 12.2. The second-order valence-electron chi connectivity index (χ2n) is 4.99. The number of Topliss-reactive ketones (excluding diaryl/α,β-unsaturated/α-hetero) is 1. The van der Waals surface area contributed by atoms with Crippen molar-refractivity contribution in [2.75, 3.05) is 26.7 Å². The van der Waals surface area contributed by atoms with Gasteiger partial charge in [0.1, 0.15) is 5.75 Å². The molecule has 1 aromatic rings. The van der Waals surface area contributed by atoms with Crippen LogP contribution in [0, 0.1) is 5.92 Å². The summed E-state index contributed by atoms with van der Waals surface area (Å²) in [5.74, 6) is 1.45. The van der Waals surface area contributed by atoms with E-state index in [9.17, 15) is 4.79 Å². The van der Waals surface area contributed by atoms with Crippen LogP contribution in [0.15, 0.2) is 22.7 Å². The zero-order chi connectivity index (χ0) is 14.4. The number of carbonyl (C=O) groups is 1. The van der Waals surface area contributed by atoms with Crippen LogP contribution >= 0.6 is 15.9 Å². The van der Waals surface area contributed by atoms with Crippen LogP contribution < -0.4 is 4.74 Å². The molecule has 0 radical (unpaired) electrons. The number of methoxy groups -OCH3 is 1. The average molecular weight is 328 g/mol. The third kappa shape index (κ3) is 4.96. The molecule has 3 nitrogen and oxygen atoms in total. The van der Waals surface area contributed by atoms with Crippen molar-refractivity contribution in [3.63, 3.8) is 0 Å². The molecule has 106 valence electrons. The van der Waals surface area contributed by atoms with E-state index in [-0.39, 0.29) is 5.78 Å². The van der Waals surface area contributed by atoms with E-state index in [1.165, 1.54) is 0 Å². The van der Waals surface area contributed by atoms with Crippen LogP contribution in [0.1, 0.15) is 31.1 Å². The van der Waals surface area contributed by atoms with E-state index in [1.807, 2.05) is 18.2 Å². The van der Waals surface area contributed by atoms with Crippen molar-refractivity contribution in [3.8, 4) is 5.75 Å².